The van der Waals surface area contributed by atoms with Crippen molar-refractivity contribution in [2.45, 2.75) is 85.5 Å². The molecule has 2 aliphatic carbocycles. The summed E-state index contributed by atoms with van der Waals surface area (Å²) >= 11 is 0. The maximum Gasteiger partial charge on any atom is 0.159 e. The van der Waals surface area contributed by atoms with Crippen LogP contribution in [0.3, 0.4) is 0 Å². The second-order valence-electron chi connectivity index (χ2n) is 18.8. The van der Waals surface area contributed by atoms with E-state index in [0.29, 0.717) is 0 Å². The van der Waals surface area contributed by atoms with Crippen LogP contribution in [0, 0.1) is 20.8 Å². The van der Waals surface area contributed by atoms with Gasteiger partial charge in [0.25, 0.3) is 0 Å². The highest BCUT2D eigenvalue weighted by atomic mass is 16.3. The van der Waals surface area contributed by atoms with Crippen LogP contribution in [-0.4, -0.2) is 0 Å². The first-order valence-corrected chi connectivity index (χ1v) is 20.5. The molecule has 0 saturated carbocycles. The average Bonchev–Trinajstić information content (AvgIpc) is 3.74. The fourth-order valence-electron chi connectivity index (χ4n) is 10.5. The lowest BCUT2D eigenvalue weighted by atomic mass is 9.82. The van der Waals surface area contributed by atoms with Gasteiger partial charge < -0.3 is 9.32 Å². The van der Waals surface area contributed by atoms with Crippen molar-refractivity contribution in [3.8, 4) is 33.4 Å². The summed E-state index contributed by atoms with van der Waals surface area (Å²) in [5.74, 6) is 0. The summed E-state index contributed by atoms with van der Waals surface area (Å²) in [4.78, 5) is 2.49. The third-order valence-corrected chi connectivity index (χ3v) is 13.2. The minimum absolute atomic E-state index is 0.0959. The second-order valence-corrected chi connectivity index (χ2v) is 18.8. The normalized spacial score (nSPS) is 14.8. The zero-order chi connectivity index (χ0) is 39.8. The van der Waals surface area contributed by atoms with Crippen molar-refractivity contribution in [1.82, 2.24) is 0 Å². The molecule has 8 aromatic rings. The van der Waals surface area contributed by atoms with Crippen LogP contribution >= 0.6 is 0 Å². The number of aryl methyl sites for hydroxylation is 3. The lowest BCUT2D eigenvalue weighted by molar-refractivity contribution is 0.573. The molecule has 282 valence electrons. The Balaban J connectivity index is 1.31. The monoisotopic (exact) mass is 741 g/mol. The van der Waals surface area contributed by atoms with Crippen molar-refractivity contribution < 1.29 is 4.42 Å². The van der Waals surface area contributed by atoms with E-state index in [0.717, 1.165) is 39.0 Å². The standard InChI is InChI=1S/C55H51NO/c1-32-26-33(2)50(34(3)27-32)35-28-43-42-18-15-21-46(53(4,5)6)51(42)57-52(43)49(29-35)56(36-22-24-40-38-16-11-13-19-44(38)54(7,8)47(40)30-36)37-23-25-41-39-17-12-14-20-45(39)55(9,10)48(41)31-37/h11-31H,1-10H3. The van der Waals surface area contributed by atoms with Crippen LogP contribution in [0.5, 0.6) is 0 Å². The third-order valence-electron chi connectivity index (χ3n) is 13.2. The number of rotatable bonds is 4. The number of hydrogen-bond acceptors (Lipinski definition) is 2. The Labute approximate surface area is 337 Å². The van der Waals surface area contributed by atoms with Crippen LogP contribution in [-0.2, 0) is 16.2 Å². The maximum absolute atomic E-state index is 7.26. The first-order chi connectivity index (χ1) is 27.1. The third kappa shape index (κ3) is 5.15. The van der Waals surface area contributed by atoms with Crippen LogP contribution in [0.15, 0.2) is 132 Å². The van der Waals surface area contributed by atoms with Gasteiger partial charge in [-0.15, -0.1) is 0 Å². The molecular formula is C55H51NO. The summed E-state index contributed by atoms with van der Waals surface area (Å²) < 4.78 is 7.26. The number of furan rings is 1. The smallest absolute Gasteiger partial charge is 0.159 e. The molecule has 2 aliphatic rings. The average molecular weight is 742 g/mol. The minimum atomic E-state index is -0.149. The molecule has 0 saturated heterocycles. The van der Waals surface area contributed by atoms with E-state index in [1.807, 2.05) is 0 Å². The molecule has 7 aromatic carbocycles. The Morgan fingerprint density at radius 3 is 1.56 bits per heavy atom. The molecule has 1 aromatic heterocycles. The van der Waals surface area contributed by atoms with Gasteiger partial charge in [0, 0.05) is 38.5 Å². The number of hydrogen-bond donors (Lipinski definition) is 0. The van der Waals surface area contributed by atoms with Gasteiger partial charge in [-0.2, -0.15) is 0 Å². The van der Waals surface area contributed by atoms with E-state index < -0.39 is 0 Å². The first-order valence-electron chi connectivity index (χ1n) is 20.5. The largest absolute Gasteiger partial charge is 0.454 e. The van der Waals surface area contributed by atoms with Gasteiger partial charge >= 0.3 is 0 Å². The zero-order valence-corrected chi connectivity index (χ0v) is 35.0. The molecule has 0 N–H and O–H groups in total. The number of nitrogens with zero attached hydrogens (tertiary/aromatic N) is 1. The van der Waals surface area contributed by atoms with Crippen LogP contribution in [0.2, 0.25) is 0 Å². The zero-order valence-electron chi connectivity index (χ0n) is 35.0. The molecule has 0 spiro atoms. The molecule has 2 nitrogen and oxygen atoms in total. The molecule has 1 heterocycles. The van der Waals surface area contributed by atoms with Gasteiger partial charge in [0.2, 0.25) is 0 Å². The molecule has 0 aliphatic heterocycles. The fourth-order valence-corrected chi connectivity index (χ4v) is 10.5. The number of para-hydroxylation sites is 1. The highest BCUT2D eigenvalue weighted by Gasteiger charge is 2.38. The number of fused-ring (bicyclic) bond motifs is 9. The van der Waals surface area contributed by atoms with Crippen molar-refractivity contribution in [1.29, 1.82) is 0 Å². The summed E-state index contributed by atoms with van der Waals surface area (Å²) in [5, 5.41) is 2.29. The quantitative estimate of drug-likeness (QED) is 0.179. The molecule has 0 fully saturated rings. The summed E-state index contributed by atoms with van der Waals surface area (Å²) in [6.07, 6.45) is 0. The molecule has 0 unspecified atom stereocenters. The van der Waals surface area contributed by atoms with E-state index in [4.69, 9.17) is 4.42 Å². The predicted molar refractivity (Wildman–Crippen MR) is 242 cm³/mol. The van der Waals surface area contributed by atoms with Crippen LogP contribution in [0.4, 0.5) is 17.1 Å². The summed E-state index contributed by atoms with van der Waals surface area (Å²) in [6, 6.07) is 48.2. The summed E-state index contributed by atoms with van der Waals surface area (Å²) in [5.41, 5.74) is 23.0. The molecule has 0 radical (unpaired) electrons. The van der Waals surface area contributed by atoms with Gasteiger partial charge in [-0.3, -0.25) is 0 Å². The molecule has 2 heteroatoms. The molecule has 10 rings (SSSR count). The van der Waals surface area contributed by atoms with E-state index in [1.54, 1.807) is 0 Å². The minimum Gasteiger partial charge on any atom is -0.454 e. The van der Waals surface area contributed by atoms with E-state index >= 15 is 0 Å². The van der Waals surface area contributed by atoms with Crippen LogP contribution in [0.1, 0.15) is 93.0 Å². The van der Waals surface area contributed by atoms with Gasteiger partial charge in [0.05, 0.1) is 5.69 Å². The molecule has 0 atom stereocenters. The summed E-state index contributed by atoms with van der Waals surface area (Å²) in [7, 11) is 0. The molecule has 0 amide bonds. The van der Waals surface area contributed by atoms with Crippen molar-refractivity contribution in [2.75, 3.05) is 4.90 Å². The highest BCUT2D eigenvalue weighted by Crippen LogP contribution is 2.54. The lowest BCUT2D eigenvalue weighted by Crippen LogP contribution is -2.18. The lowest BCUT2D eigenvalue weighted by Gasteiger charge is -2.30. The Hall–Kier alpha value is -5.86. The highest BCUT2D eigenvalue weighted by molar-refractivity contribution is 6.13. The Morgan fingerprint density at radius 2 is 1.02 bits per heavy atom. The van der Waals surface area contributed by atoms with E-state index in [1.165, 1.54) is 77.9 Å². The van der Waals surface area contributed by atoms with E-state index in [2.05, 4.69) is 202 Å². The Morgan fingerprint density at radius 1 is 0.491 bits per heavy atom. The predicted octanol–water partition coefficient (Wildman–Crippen LogP) is 15.6. The molecular weight excluding hydrogens is 691 g/mol. The topological polar surface area (TPSA) is 16.4 Å². The van der Waals surface area contributed by atoms with Crippen molar-refractivity contribution >= 4 is 39.0 Å². The number of benzene rings is 7. The van der Waals surface area contributed by atoms with Crippen LogP contribution < -0.4 is 4.90 Å². The fraction of sp³-hybridized carbons (Fsp3) is 0.236. The molecule has 0 bridgehead atoms. The van der Waals surface area contributed by atoms with Gasteiger partial charge in [-0.1, -0.05) is 145 Å². The van der Waals surface area contributed by atoms with Gasteiger partial charge in [0.1, 0.15) is 5.58 Å². The summed E-state index contributed by atoms with van der Waals surface area (Å²) in [6.45, 7) is 23.0. The van der Waals surface area contributed by atoms with Gasteiger partial charge in [0.15, 0.2) is 5.58 Å². The van der Waals surface area contributed by atoms with Crippen molar-refractivity contribution in [2.24, 2.45) is 0 Å². The van der Waals surface area contributed by atoms with E-state index in [-0.39, 0.29) is 16.2 Å². The maximum atomic E-state index is 7.26. The van der Waals surface area contributed by atoms with Gasteiger partial charge in [-0.05, 0) is 129 Å². The number of anilines is 3. The van der Waals surface area contributed by atoms with Crippen LogP contribution in [0.25, 0.3) is 55.3 Å². The van der Waals surface area contributed by atoms with Crippen molar-refractivity contribution in [3.05, 3.63) is 172 Å². The van der Waals surface area contributed by atoms with Crippen molar-refractivity contribution in [3.63, 3.8) is 0 Å². The SMILES string of the molecule is Cc1cc(C)c(-c2cc(N(c3ccc4c(c3)C(C)(C)c3ccccc3-4)c3ccc4c(c3)C(C)(C)c3ccccc3-4)c3oc4c(C(C)(C)C)cccc4c3c2)c(C)c1. The van der Waals surface area contributed by atoms with E-state index in [9.17, 15) is 0 Å². The second kappa shape index (κ2) is 12.1. The van der Waals surface area contributed by atoms with Gasteiger partial charge in [-0.25, -0.2) is 0 Å². The Bertz CT molecular complexity index is 2850. The first kappa shape index (κ1) is 35.5. The molecule has 57 heavy (non-hydrogen) atoms. The Kier molecular flexibility index (Phi) is 7.53.